The van der Waals surface area contributed by atoms with Gasteiger partial charge < -0.3 is 9.55 Å². The van der Waals surface area contributed by atoms with E-state index in [4.69, 9.17) is 0 Å². The number of nitrogens with zero attached hydrogens (tertiary/aromatic N) is 2. The van der Waals surface area contributed by atoms with Crippen LogP contribution in [0.3, 0.4) is 0 Å². The van der Waals surface area contributed by atoms with Crippen LogP contribution in [0.1, 0.15) is 5.56 Å². The van der Waals surface area contributed by atoms with Crippen LogP contribution in [0.25, 0.3) is 21.7 Å². The molecule has 0 aliphatic rings. The van der Waals surface area contributed by atoms with E-state index in [1.54, 1.807) is 0 Å². The summed E-state index contributed by atoms with van der Waals surface area (Å²) in [5.41, 5.74) is 1.83. The van der Waals surface area contributed by atoms with Gasteiger partial charge in [-0.25, -0.2) is 4.98 Å². The van der Waals surface area contributed by atoms with Crippen LogP contribution in [0.5, 0.6) is 0 Å². The standard InChI is InChI=1S/C12H11N3OS/c1-7-6-17-12-9(7)11(16)13-10(14-12)8-4-3-5-15(8)2/h3-6H,1-2H3,(H,13,14,16). The lowest BCUT2D eigenvalue weighted by atomic mass is 10.2. The van der Waals surface area contributed by atoms with Gasteiger partial charge in [-0.2, -0.15) is 0 Å². The number of hydrogen-bond donors (Lipinski definition) is 1. The highest BCUT2D eigenvalue weighted by Crippen LogP contribution is 2.22. The van der Waals surface area contributed by atoms with Crippen LogP contribution in [-0.4, -0.2) is 14.5 Å². The van der Waals surface area contributed by atoms with Crippen LogP contribution in [0.2, 0.25) is 0 Å². The molecule has 0 atom stereocenters. The first-order chi connectivity index (χ1) is 8.16. The summed E-state index contributed by atoms with van der Waals surface area (Å²) in [5.74, 6) is 0.622. The van der Waals surface area contributed by atoms with Gasteiger partial charge in [-0.05, 0) is 30.0 Å². The quantitative estimate of drug-likeness (QED) is 0.715. The smallest absolute Gasteiger partial charge is 0.260 e. The molecule has 0 aliphatic heterocycles. The van der Waals surface area contributed by atoms with Gasteiger partial charge in [-0.15, -0.1) is 11.3 Å². The number of thiophene rings is 1. The van der Waals surface area contributed by atoms with Crippen molar-refractivity contribution in [3.63, 3.8) is 0 Å². The molecule has 0 aromatic carbocycles. The van der Waals surface area contributed by atoms with Crippen molar-refractivity contribution in [2.24, 2.45) is 7.05 Å². The molecule has 0 fully saturated rings. The van der Waals surface area contributed by atoms with Crippen LogP contribution < -0.4 is 5.56 Å². The average molecular weight is 245 g/mol. The van der Waals surface area contributed by atoms with Gasteiger partial charge in [0.15, 0.2) is 5.82 Å². The van der Waals surface area contributed by atoms with E-state index >= 15 is 0 Å². The van der Waals surface area contributed by atoms with E-state index in [9.17, 15) is 4.79 Å². The number of aryl methyl sites for hydroxylation is 2. The van der Waals surface area contributed by atoms with Crippen molar-refractivity contribution >= 4 is 21.6 Å². The monoisotopic (exact) mass is 245 g/mol. The third kappa shape index (κ3) is 1.51. The van der Waals surface area contributed by atoms with Gasteiger partial charge in [0.1, 0.15) is 4.83 Å². The summed E-state index contributed by atoms with van der Waals surface area (Å²) in [6.45, 7) is 1.93. The minimum atomic E-state index is -0.0649. The van der Waals surface area contributed by atoms with Gasteiger partial charge in [0.25, 0.3) is 5.56 Å². The molecular formula is C12H11N3OS. The molecule has 0 amide bonds. The van der Waals surface area contributed by atoms with E-state index in [2.05, 4.69) is 9.97 Å². The molecule has 86 valence electrons. The van der Waals surface area contributed by atoms with Crippen molar-refractivity contribution in [2.45, 2.75) is 6.92 Å². The normalized spacial score (nSPS) is 11.2. The summed E-state index contributed by atoms with van der Waals surface area (Å²) in [5, 5.41) is 2.66. The molecule has 0 saturated carbocycles. The maximum Gasteiger partial charge on any atom is 0.260 e. The van der Waals surface area contributed by atoms with Crippen LogP contribution >= 0.6 is 11.3 Å². The van der Waals surface area contributed by atoms with E-state index in [1.165, 1.54) is 11.3 Å². The summed E-state index contributed by atoms with van der Waals surface area (Å²) in [4.78, 5) is 20.1. The molecule has 0 spiro atoms. The Labute approximate surface area is 102 Å². The predicted octanol–water partition coefficient (Wildman–Crippen LogP) is 2.30. The van der Waals surface area contributed by atoms with Gasteiger partial charge in [0, 0.05) is 13.2 Å². The lowest BCUT2D eigenvalue weighted by Crippen LogP contribution is -2.10. The maximum absolute atomic E-state index is 12.0. The number of rotatable bonds is 1. The number of nitrogens with one attached hydrogen (secondary N) is 1. The molecule has 0 unspecified atom stereocenters. The van der Waals surface area contributed by atoms with Crippen molar-refractivity contribution in [3.8, 4) is 11.5 Å². The zero-order valence-corrected chi connectivity index (χ0v) is 10.3. The highest BCUT2D eigenvalue weighted by Gasteiger charge is 2.10. The molecule has 4 nitrogen and oxygen atoms in total. The Morgan fingerprint density at radius 3 is 3.00 bits per heavy atom. The summed E-state index contributed by atoms with van der Waals surface area (Å²) in [6.07, 6.45) is 1.93. The van der Waals surface area contributed by atoms with Gasteiger partial charge in [-0.1, -0.05) is 0 Å². The summed E-state index contributed by atoms with van der Waals surface area (Å²) in [6, 6.07) is 3.86. The number of H-pyrrole nitrogens is 1. The van der Waals surface area contributed by atoms with Gasteiger partial charge in [-0.3, -0.25) is 4.79 Å². The Kier molecular flexibility index (Phi) is 2.16. The average Bonchev–Trinajstić information content (AvgIpc) is 2.85. The Bertz CT molecular complexity index is 751. The third-order valence-electron chi connectivity index (χ3n) is 2.81. The fourth-order valence-electron chi connectivity index (χ4n) is 1.92. The van der Waals surface area contributed by atoms with Crippen molar-refractivity contribution in [1.82, 2.24) is 14.5 Å². The predicted molar refractivity (Wildman–Crippen MR) is 69.4 cm³/mol. The molecule has 3 heterocycles. The maximum atomic E-state index is 12.0. The van der Waals surface area contributed by atoms with Crippen molar-refractivity contribution < 1.29 is 0 Å². The minimum Gasteiger partial charge on any atom is -0.348 e. The highest BCUT2D eigenvalue weighted by atomic mass is 32.1. The van der Waals surface area contributed by atoms with Crippen molar-refractivity contribution in [1.29, 1.82) is 0 Å². The second-order valence-corrected chi connectivity index (χ2v) is 4.88. The molecule has 0 aliphatic carbocycles. The fourth-order valence-corrected chi connectivity index (χ4v) is 2.84. The summed E-state index contributed by atoms with van der Waals surface area (Å²) >= 11 is 1.51. The summed E-state index contributed by atoms with van der Waals surface area (Å²) < 4.78 is 1.94. The fraction of sp³-hybridized carbons (Fsp3) is 0.167. The molecule has 0 bridgehead atoms. The second kappa shape index (κ2) is 3.56. The first-order valence-electron chi connectivity index (χ1n) is 5.26. The number of hydrogen-bond acceptors (Lipinski definition) is 3. The van der Waals surface area contributed by atoms with Crippen LogP contribution in [0, 0.1) is 6.92 Å². The van der Waals surface area contributed by atoms with Crippen LogP contribution in [-0.2, 0) is 7.05 Å². The zero-order valence-electron chi connectivity index (χ0n) is 9.52. The molecule has 5 heteroatoms. The van der Waals surface area contributed by atoms with E-state index in [1.807, 2.05) is 42.2 Å². The van der Waals surface area contributed by atoms with E-state index in [-0.39, 0.29) is 5.56 Å². The lowest BCUT2D eigenvalue weighted by molar-refractivity contribution is 0.922. The first kappa shape index (κ1) is 10.3. The Morgan fingerprint density at radius 1 is 1.47 bits per heavy atom. The Hall–Kier alpha value is -1.88. The second-order valence-electron chi connectivity index (χ2n) is 4.02. The minimum absolute atomic E-state index is 0.0649. The molecule has 17 heavy (non-hydrogen) atoms. The molecule has 3 aromatic rings. The summed E-state index contributed by atoms with van der Waals surface area (Å²) in [7, 11) is 1.93. The Morgan fingerprint density at radius 2 is 2.29 bits per heavy atom. The number of aromatic nitrogens is 3. The molecule has 0 saturated heterocycles. The van der Waals surface area contributed by atoms with Gasteiger partial charge in [0.2, 0.25) is 0 Å². The van der Waals surface area contributed by atoms with Gasteiger partial charge >= 0.3 is 0 Å². The van der Waals surface area contributed by atoms with E-state index in [0.717, 1.165) is 16.1 Å². The Balaban J connectivity index is 2.34. The van der Waals surface area contributed by atoms with Crippen molar-refractivity contribution in [2.75, 3.05) is 0 Å². The van der Waals surface area contributed by atoms with Crippen LogP contribution in [0.15, 0.2) is 28.5 Å². The SMILES string of the molecule is Cc1csc2nc(-c3cccn3C)[nH]c(=O)c12. The van der Waals surface area contributed by atoms with Crippen LogP contribution in [0.4, 0.5) is 0 Å². The molecule has 3 aromatic heterocycles. The highest BCUT2D eigenvalue weighted by molar-refractivity contribution is 7.16. The van der Waals surface area contributed by atoms with E-state index in [0.29, 0.717) is 11.2 Å². The molecule has 1 N–H and O–H groups in total. The zero-order chi connectivity index (χ0) is 12.0. The topological polar surface area (TPSA) is 50.7 Å². The molecule has 0 radical (unpaired) electrons. The number of fused-ring (bicyclic) bond motifs is 1. The lowest BCUT2D eigenvalue weighted by Gasteiger charge is -2.02. The van der Waals surface area contributed by atoms with E-state index < -0.39 is 0 Å². The number of aromatic amines is 1. The van der Waals surface area contributed by atoms with Crippen molar-refractivity contribution in [3.05, 3.63) is 39.6 Å². The third-order valence-corrected chi connectivity index (χ3v) is 3.80. The molecular weight excluding hydrogens is 234 g/mol. The molecule has 3 rings (SSSR count). The largest absolute Gasteiger partial charge is 0.348 e. The van der Waals surface area contributed by atoms with Gasteiger partial charge in [0.05, 0.1) is 11.1 Å². The first-order valence-corrected chi connectivity index (χ1v) is 6.14.